The molecule has 0 aliphatic carbocycles. The number of likely N-dealkylation sites (N-methyl/N-ethyl adjacent to an activating group) is 1. The van der Waals surface area contributed by atoms with Crippen molar-refractivity contribution in [3.63, 3.8) is 0 Å². The van der Waals surface area contributed by atoms with E-state index in [-0.39, 0.29) is 24.9 Å². The van der Waals surface area contributed by atoms with Gasteiger partial charge in [-0.05, 0) is 43.6 Å². The topological polar surface area (TPSA) is 60.9 Å². The molecule has 0 bridgehead atoms. The Morgan fingerprint density at radius 2 is 2.05 bits per heavy atom. The zero-order chi connectivity index (χ0) is 16.1. The van der Waals surface area contributed by atoms with Crippen molar-refractivity contribution < 1.29 is 14.7 Å². The van der Waals surface area contributed by atoms with Gasteiger partial charge in [0.1, 0.15) is 6.04 Å². The minimum Gasteiger partial charge on any atom is -0.481 e. The average molecular weight is 369 g/mol. The van der Waals surface area contributed by atoms with Crippen molar-refractivity contribution in [1.82, 2.24) is 9.80 Å². The number of amides is 1. The summed E-state index contributed by atoms with van der Waals surface area (Å²) in [5.41, 5.74) is 0.948. The second-order valence-electron chi connectivity index (χ2n) is 5.60. The summed E-state index contributed by atoms with van der Waals surface area (Å²) in [6.07, 6.45) is 2.15. The van der Waals surface area contributed by atoms with Crippen LogP contribution in [0.1, 0.15) is 30.9 Å². The number of hydrogen-bond donors (Lipinski definition) is 1. The number of aliphatic carboxylic acids is 1. The quantitative estimate of drug-likeness (QED) is 0.837. The number of rotatable bonds is 6. The molecule has 1 saturated heterocycles. The Hall–Kier alpha value is -1.40. The number of nitrogens with zero attached hydrogens (tertiary/aromatic N) is 2. The third kappa shape index (κ3) is 4.30. The van der Waals surface area contributed by atoms with E-state index in [4.69, 9.17) is 5.11 Å². The van der Waals surface area contributed by atoms with E-state index in [2.05, 4.69) is 20.8 Å². The Kier molecular flexibility index (Phi) is 5.97. The molecule has 0 spiro atoms. The van der Waals surface area contributed by atoms with Crippen LogP contribution in [0.25, 0.3) is 0 Å². The van der Waals surface area contributed by atoms with Crippen LogP contribution < -0.4 is 0 Å². The Morgan fingerprint density at radius 1 is 1.36 bits per heavy atom. The van der Waals surface area contributed by atoms with E-state index in [1.165, 1.54) is 4.90 Å². The molecule has 1 aromatic carbocycles. The Morgan fingerprint density at radius 3 is 2.64 bits per heavy atom. The molecule has 5 nitrogen and oxygen atoms in total. The molecule has 0 radical (unpaired) electrons. The van der Waals surface area contributed by atoms with E-state index in [0.717, 1.165) is 36.0 Å². The first-order valence-electron chi connectivity index (χ1n) is 7.45. The molecule has 1 N–H and O–H groups in total. The summed E-state index contributed by atoms with van der Waals surface area (Å²) in [6, 6.07) is 7.44. The van der Waals surface area contributed by atoms with Gasteiger partial charge >= 0.3 is 5.97 Å². The van der Waals surface area contributed by atoms with E-state index in [1.54, 1.807) is 7.05 Å². The van der Waals surface area contributed by atoms with Crippen LogP contribution in [0.4, 0.5) is 0 Å². The zero-order valence-electron chi connectivity index (χ0n) is 12.7. The second kappa shape index (κ2) is 7.74. The monoisotopic (exact) mass is 368 g/mol. The lowest BCUT2D eigenvalue weighted by Gasteiger charge is -2.30. The third-order valence-electron chi connectivity index (χ3n) is 3.94. The van der Waals surface area contributed by atoms with Crippen molar-refractivity contribution in [2.45, 2.75) is 25.3 Å². The summed E-state index contributed by atoms with van der Waals surface area (Å²) in [5.74, 6) is -0.930. The molecule has 1 atom stereocenters. The molecule has 1 amide bonds. The normalized spacial score (nSPS) is 16.5. The molecule has 0 saturated carbocycles. The van der Waals surface area contributed by atoms with E-state index in [0.29, 0.717) is 0 Å². The Balaban J connectivity index is 2.20. The first-order valence-corrected chi connectivity index (χ1v) is 8.24. The van der Waals surface area contributed by atoms with E-state index in [9.17, 15) is 9.59 Å². The maximum atomic E-state index is 12.8. The third-order valence-corrected chi connectivity index (χ3v) is 4.43. The van der Waals surface area contributed by atoms with Crippen LogP contribution in [-0.4, -0.2) is 53.5 Å². The first-order chi connectivity index (χ1) is 10.5. The van der Waals surface area contributed by atoms with Gasteiger partial charge < -0.3 is 10.0 Å². The number of carbonyl (C=O) groups is 2. The van der Waals surface area contributed by atoms with Gasteiger partial charge in [0.2, 0.25) is 5.91 Å². The molecular formula is C16H21BrN2O3. The highest BCUT2D eigenvalue weighted by atomic mass is 79.9. The average Bonchev–Trinajstić information content (AvgIpc) is 2.99. The molecule has 1 aliphatic rings. The summed E-state index contributed by atoms with van der Waals surface area (Å²) in [5, 5.41) is 8.79. The first kappa shape index (κ1) is 17.0. The molecular weight excluding hydrogens is 348 g/mol. The molecule has 22 heavy (non-hydrogen) atoms. The van der Waals surface area contributed by atoms with E-state index in [1.807, 2.05) is 24.3 Å². The maximum Gasteiger partial charge on any atom is 0.305 e. The van der Waals surface area contributed by atoms with Crippen LogP contribution >= 0.6 is 15.9 Å². The fraction of sp³-hybridized carbons (Fsp3) is 0.500. The van der Waals surface area contributed by atoms with Crippen molar-refractivity contribution in [2.75, 3.05) is 26.7 Å². The van der Waals surface area contributed by atoms with Crippen molar-refractivity contribution in [3.8, 4) is 0 Å². The lowest BCUT2D eigenvalue weighted by molar-refractivity contribution is -0.139. The largest absolute Gasteiger partial charge is 0.481 e. The molecule has 6 heteroatoms. The van der Waals surface area contributed by atoms with Gasteiger partial charge in [-0.1, -0.05) is 28.1 Å². The fourth-order valence-corrected chi connectivity index (χ4v) is 3.19. The highest BCUT2D eigenvalue weighted by Gasteiger charge is 2.31. The summed E-state index contributed by atoms with van der Waals surface area (Å²) in [4.78, 5) is 27.3. The van der Waals surface area contributed by atoms with Gasteiger partial charge in [-0.15, -0.1) is 0 Å². The number of carboxylic acids is 1. The van der Waals surface area contributed by atoms with Gasteiger partial charge in [0.05, 0.1) is 6.42 Å². The van der Waals surface area contributed by atoms with Gasteiger partial charge in [0.15, 0.2) is 0 Å². The van der Waals surface area contributed by atoms with Crippen LogP contribution in [0, 0.1) is 0 Å². The van der Waals surface area contributed by atoms with Gasteiger partial charge in [0, 0.05) is 18.1 Å². The van der Waals surface area contributed by atoms with E-state index >= 15 is 0 Å². The summed E-state index contributed by atoms with van der Waals surface area (Å²) in [7, 11) is 1.67. The lowest BCUT2D eigenvalue weighted by atomic mass is 10.0. The molecule has 1 fully saturated rings. The molecule has 2 rings (SSSR count). The minimum absolute atomic E-state index is 0.0343. The predicted molar refractivity (Wildman–Crippen MR) is 87.6 cm³/mol. The van der Waals surface area contributed by atoms with Crippen molar-refractivity contribution in [1.29, 1.82) is 0 Å². The van der Waals surface area contributed by atoms with Crippen molar-refractivity contribution in [2.24, 2.45) is 0 Å². The molecule has 1 aromatic rings. The summed E-state index contributed by atoms with van der Waals surface area (Å²) in [6.45, 7) is 2.03. The molecule has 1 heterocycles. The predicted octanol–water partition coefficient (Wildman–Crippen LogP) is 2.52. The second-order valence-corrected chi connectivity index (χ2v) is 6.52. The minimum atomic E-state index is -0.889. The van der Waals surface area contributed by atoms with Gasteiger partial charge in [-0.25, -0.2) is 0 Å². The zero-order valence-corrected chi connectivity index (χ0v) is 14.3. The van der Waals surface area contributed by atoms with E-state index < -0.39 is 5.97 Å². The van der Waals surface area contributed by atoms with Crippen molar-refractivity contribution >= 4 is 27.8 Å². The highest BCUT2D eigenvalue weighted by molar-refractivity contribution is 9.10. The van der Waals surface area contributed by atoms with Crippen molar-refractivity contribution in [3.05, 3.63) is 34.3 Å². The Labute approximate surface area is 139 Å². The molecule has 0 aromatic heterocycles. The fourth-order valence-electron chi connectivity index (χ4n) is 2.77. The SMILES string of the molecule is CN(CCC(=O)O)C(=O)[C@H](c1cccc(Br)c1)N1CCCC1. The lowest BCUT2D eigenvalue weighted by Crippen LogP contribution is -2.41. The Bertz CT molecular complexity index is 544. The summed E-state index contributed by atoms with van der Waals surface area (Å²) >= 11 is 3.45. The maximum absolute atomic E-state index is 12.8. The standard InChI is InChI=1S/C16H21BrN2O3/c1-18(10-7-14(20)21)16(22)15(19-8-2-3-9-19)12-5-4-6-13(17)11-12/h4-6,11,15H,2-3,7-10H2,1H3,(H,20,21)/t15-/m0/s1. The number of benzene rings is 1. The smallest absolute Gasteiger partial charge is 0.305 e. The van der Waals surface area contributed by atoms with Gasteiger partial charge in [-0.2, -0.15) is 0 Å². The number of halogens is 1. The number of carboxylic acid groups (broad SMARTS) is 1. The van der Waals surface area contributed by atoms with Gasteiger partial charge in [-0.3, -0.25) is 14.5 Å². The number of carbonyl (C=O) groups excluding carboxylic acids is 1. The molecule has 120 valence electrons. The van der Waals surface area contributed by atoms with Crippen LogP contribution in [0.15, 0.2) is 28.7 Å². The van der Waals surface area contributed by atoms with Gasteiger partial charge in [0.25, 0.3) is 0 Å². The summed E-state index contributed by atoms with van der Waals surface area (Å²) < 4.78 is 0.940. The van der Waals surface area contributed by atoms with Crippen LogP contribution in [0.5, 0.6) is 0 Å². The molecule has 1 aliphatic heterocycles. The molecule has 0 unspecified atom stereocenters. The number of hydrogen-bond acceptors (Lipinski definition) is 3. The highest BCUT2D eigenvalue weighted by Crippen LogP contribution is 2.28. The van der Waals surface area contributed by atoms with Crippen LogP contribution in [-0.2, 0) is 9.59 Å². The number of likely N-dealkylation sites (tertiary alicyclic amines) is 1. The van der Waals surface area contributed by atoms with Crippen LogP contribution in [0.2, 0.25) is 0 Å². The van der Waals surface area contributed by atoms with Crippen LogP contribution in [0.3, 0.4) is 0 Å².